The molecule has 5 heterocycles. The van der Waals surface area contributed by atoms with E-state index in [0.29, 0.717) is 62.3 Å². The smallest absolute Gasteiger partial charge is 0.338 e. The molecule has 5 aromatic rings. The molecule has 0 unspecified atom stereocenters. The molecule has 2 aliphatic rings. The summed E-state index contributed by atoms with van der Waals surface area (Å²) >= 11 is 0. The molecule has 2 fully saturated rings. The first kappa shape index (κ1) is 31.2. The molecule has 2 saturated heterocycles. The van der Waals surface area contributed by atoms with Crippen molar-refractivity contribution < 1.29 is 28.5 Å². The quantitative estimate of drug-likeness (QED) is 0.193. The molecule has 1 N–H and O–H groups in total. The van der Waals surface area contributed by atoms with E-state index in [1.807, 2.05) is 27.6 Å². The van der Waals surface area contributed by atoms with Gasteiger partial charge in [-0.05, 0) is 68.6 Å². The molecule has 0 amide bonds. The van der Waals surface area contributed by atoms with E-state index in [2.05, 4.69) is 34.3 Å². The predicted molar refractivity (Wildman–Crippen MR) is 173 cm³/mol. The molecular formula is C35H39FN6O5. The number of carboxylic acids is 1. The molecular weight excluding hydrogens is 603 g/mol. The highest BCUT2D eigenvalue weighted by Gasteiger charge is 2.29. The van der Waals surface area contributed by atoms with E-state index in [0.717, 1.165) is 60.3 Å². The maximum atomic E-state index is 15.5. The molecule has 12 heteroatoms. The number of carbonyl (C=O) groups is 1. The summed E-state index contributed by atoms with van der Waals surface area (Å²) in [5.74, 6) is -0.399. The summed E-state index contributed by atoms with van der Waals surface area (Å²) in [5, 5.41) is 15.1. The van der Waals surface area contributed by atoms with Crippen molar-refractivity contribution >= 4 is 27.9 Å². The SMILES string of the molecule is COCCn1ncc2ccc(COc3cccc(C4CCN(Cc5nc6c(C)cc(C(=O)O)c(F)c6n5C[C@@H]5CCO5)CC4)n3)cc21. The fourth-order valence-electron chi connectivity index (χ4n) is 6.62. The van der Waals surface area contributed by atoms with Crippen molar-refractivity contribution in [2.45, 2.75) is 64.4 Å². The minimum Gasteiger partial charge on any atom is -0.478 e. The zero-order valence-corrected chi connectivity index (χ0v) is 26.7. The van der Waals surface area contributed by atoms with Crippen molar-refractivity contribution in [1.29, 1.82) is 0 Å². The number of carboxylic acid groups (broad SMARTS) is 1. The molecule has 3 aromatic heterocycles. The van der Waals surface area contributed by atoms with Crippen molar-refractivity contribution in [3.63, 3.8) is 0 Å². The molecule has 0 aliphatic carbocycles. The van der Waals surface area contributed by atoms with Crippen molar-refractivity contribution in [3.05, 3.63) is 82.7 Å². The van der Waals surface area contributed by atoms with E-state index < -0.39 is 11.8 Å². The molecule has 0 saturated carbocycles. The van der Waals surface area contributed by atoms with E-state index in [-0.39, 0.29) is 17.2 Å². The Morgan fingerprint density at radius 1 is 1.13 bits per heavy atom. The molecule has 47 heavy (non-hydrogen) atoms. The van der Waals surface area contributed by atoms with Crippen LogP contribution in [0.15, 0.2) is 48.7 Å². The highest BCUT2D eigenvalue weighted by Crippen LogP contribution is 2.32. The standard InChI is InChI=1S/C35H39FN6O5/c1-22-16-27(35(43)44)32(36)34-33(22)39-30(41(34)19-26-10-14-46-26)20-40-11-8-24(9-12-40)28-4-3-5-31(38-28)47-21-23-6-7-25-18-37-42(13-15-45-2)29(25)17-23/h3-7,16-18,24,26H,8-15,19-21H2,1-2H3,(H,43,44)/t26-/m0/s1. The van der Waals surface area contributed by atoms with E-state index in [1.165, 1.54) is 6.07 Å². The minimum atomic E-state index is -1.28. The molecule has 2 aromatic carbocycles. The van der Waals surface area contributed by atoms with Crippen LogP contribution in [0.1, 0.15) is 58.2 Å². The Morgan fingerprint density at radius 2 is 1.96 bits per heavy atom. The van der Waals surface area contributed by atoms with Crippen LogP contribution in [-0.4, -0.2) is 79.8 Å². The number of piperidine rings is 1. The summed E-state index contributed by atoms with van der Waals surface area (Å²) in [4.78, 5) is 23.8. The van der Waals surface area contributed by atoms with Crippen molar-refractivity contribution in [3.8, 4) is 5.88 Å². The molecule has 2 aliphatic heterocycles. The lowest BCUT2D eigenvalue weighted by atomic mass is 9.93. The third-order valence-corrected chi connectivity index (χ3v) is 9.35. The number of methoxy groups -OCH3 is 1. The van der Waals surface area contributed by atoms with Crippen LogP contribution >= 0.6 is 0 Å². The van der Waals surface area contributed by atoms with Crippen LogP contribution in [0.4, 0.5) is 4.39 Å². The maximum Gasteiger partial charge on any atom is 0.338 e. The van der Waals surface area contributed by atoms with E-state index >= 15 is 4.39 Å². The number of aromatic nitrogens is 5. The van der Waals surface area contributed by atoms with Crippen molar-refractivity contribution in [2.75, 3.05) is 33.4 Å². The number of imidazole rings is 1. The molecule has 0 spiro atoms. The Balaban J connectivity index is 1.01. The first-order chi connectivity index (χ1) is 22.9. The summed E-state index contributed by atoms with van der Waals surface area (Å²) in [6.45, 7) is 6.81. The Morgan fingerprint density at radius 3 is 2.70 bits per heavy atom. The zero-order valence-electron chi connectivity index (χ0n) is 26.7. The van der Waals surface area contributed by atoms with Gasteiger partial charge in [0, 0.05) is 36.8 Å². The molecule has 246 valence electrons. The average Bonchev–Trinajstić information content (AvgIpc) is 3.64. The molecule has 7 rings (SSSR count). The van der Waals surface area contributed by atoms with Crippen molar-refractivity contribution in [1.82, 2.24) is 29.2 Å². The second-order valence-electron chi connectivity index (χ2n) is 12.5. The van der Waals surface area contributed by atoms with Gasteiger partial charge in [0.15, 0.2) is 5.82 Å². The summed E-state index contributed by atoms with van der Waals surface area (Å²) in [6.07, 6.45) is 4.56. The van der Waals surface area contributed by atoms with Crippen LogP contribution in [0.5, 0.6) is 5.88 Å². The molecule has 1 atom stereocenters. The van der Waals surface area contributed by atoms with Crippen LogP contribution in [-0.2, 0) is 35.7 Å². The summed E-state index contributed by atoms with van der Waals surface area (Å²) in [6, 6.07) is 13.5. The number of rotatable bonds is 12. The van der Waals surface area contributed by atoms with Crippen molar-refractivity contribution in [2.24, 2.45) is 0 Å². The highest BCUT2D eigenvalue weighted by atomic mass is 19.1. The van der Waals surface area contributed by atoms with E-state index in [4.69, 9.17) is 24.2 Å². The van der Waals surface area contributed by atoms with E-state index in [9.17, 15) is 9.90 Å². The first-order valence-corrected chi connectivity index (χ1v) is 16.2. The lowest BCUT2D eigenvalue weighted by Crippen LogP contribution is -2.35. The maximum absolute atomic E-state index is 15.5. The number of halogens is 1. The molecule has 0 bridgehead atoms. The van der Waals surface area contributed by atoms with Gasteiger partial charge in [0.1, 0.15) is 17.9 Å². The van der Waals surface area contributed by atoms with Crippen LogP contribution in [0.3, 0.4) is 0 Å². The van der Waals surface area contributed by atoms with Gasteiger partial charge < -0.3 is 23.9 Å². The summed E-state index contributed by atoms with van der Waals surface area (Å²) in [5.41, 5.74) is 4.19. The second kappa shape index (κ2) is 13.4. The zero-order chi connectivity index (χ0) is 32.5. The van der Waals surface area contributed by atoms with Gasteiger partial charge >= 0.3 is 5.97 Å². The topological polar surface area (TPSA) is 117 Å². The van der Waals surface area contributed by atoms with Crippen LogP contribution in [0.2, 0.25) is 0 Å². The Hall–Kier alpha value is -4.39. The minimum absolute atomic E-state index is 0.0297. The Bertz CT molecular complexity index is 1910. The third kappa shape index (κ3) is 6.45. The van der Waals surface area contributed by atoms with Gasteiger partial charge in [-0.1, -0.05) is 18.2 Å². The number of hydrogen-bond donors (Lipinski definition) is 1. The number of likely N-dealkylation sites (tertiary alicyclic amines) is 1. The van der Waals surface area contributed by atoms with E-state index in [1.54, 1.807) is 14.0 Å². The molecule has 0 radical (unpaired) electrons. The van der Waals surface area contributed by atoms with Crippen LogP contribution in [0, 0.1) is 12.7 Å². The monoisotopic (exact) mass is 642 g/mol. The number of nitrogens with zero attached hydrogens (tertiary/aromatic N) is 6. The summed E-state index contributed by atoms with van der Waals surface area (Å²) in [7, 11) is 1.69. The van der Waals surface area contributed by atoms with Crippen LogP contribution in [0.25, 0.3) is 21.9 Å². The van der Waals surface area contributed by atoms with Gasteiger partial charge in [-0.2, -0.15) is 5.10 Å². The molecule has 11 nitrogen and oxygen atoms in total. The van der Waals surface area contributed by atoms with Crippen LogP contribution < -0.4 is 4.74 Å². The number of hydrogen-bond acceptors (Lipinski definition) is 8. The van der Waals surface area contributed by atoms with Gasteiger partial charge in [0.05, 0.1) is 55.1 Å². The van der Waals surface area contributed by atoms with Gasteiger partial charge in [-0.3, -0.25) is 9.58 Å². The van der Waals surface area contributed by atoms with Gasteiger partial charge in [-0.25, -0.2) is 19.2 Å². The number of ether oxygens (including phenoxy) is 3. The van der Waals surface area contributed by atoms with Gasteiger partial charge in [-0.15, -0.1) is 0 Å². The average molecular weight is 643 g/mol. The number of benzene rings is 2. The third-order valence-electron chi connectivity index (χ3n) is 9.35. The fourth-order valence-corrected chi connectivity index (χ4v) is 6.62. The lowest BCUT2D eigenvalue weighted by Gasteiger charge is -2.32. The Labute approximate surface area is 271 Å². The lowest BCUT2D eigenvalue weighted by molar-refractivity contribution is -0.0592. The second-order valence-corrected chi connectivity index (χ2v) is 12.5. The Kier molecular flexibility index (Phi) is 8.89. The van der Waals surface area contributed by atoms with Gasteiger partial charge in [0.25, 0.3) is 0 Å². The predicted octanol–water partition coefficient (Wildman–Crippen LogP) is 5.32. The van der Waals surface area contributed by atoms with Gasteiger partial charge in [0.2, 0.25) is 5.88 Å². The number of pyridine rings is 1. The number of fused-ring (bicyclic) bond motifs is 2. The number of aryl methyl sites for hydroxylation is 1. The summed E-state index contributed by atoms with van der Waals surface area (Å²) < 4.78 is 36.3. The normalized spacial score (nSPS) is 17.4. The fraction of sp³-hybridized carbons (Fsp3) is 0.429. The number of aromatic carboxylic acids is 1. The highest BCUT2D eigenvalue weighted by molar-refractivity contribution is 5.94. The largest absolute Gasteiger partial charge is 0.478 e. The first-order valence-electron chi connectivity index (χ1n) is 16.2.